The molecule has 0 aliphatic heterocycles. The third kappa shape index (κ3) is 3.25. The smallest absolute Gasteiger partial charge is 0.114 e. The first kappa shape index (κ1) is 17.9. The Morgan fingerprint density at radius 3 is 1.57 bits per heavy atom. The second kappa shape index (κ2) is 7.61. The summed E-state index contributed by atoms with van der Waals surface area (Å²) < 4.78 is 0. The number of nitrogen functional groups attached to an aromatic ring is 1. The van der Waals surface area contributed by atoms with E-state index in [4.69, 9.17) is 5.73 Å². The fourth-order valence-electron chi connectivity index (χ4n) is 3.71. The van der Waals surface area contributed by atoms with Crippen LogP contribution in [0.2, 0.25) is 0 Å². The molecule has 2 nitrogen and oxygen atoms in total. The van der Waals surface area contributed by atoms with Crippen molar-refractivity contribution >= 4 is 11.4 Å². The van der Waals surface area contributed by atoms with Crippen LogP contribution in [-0.4, -0.2) is 0 Å². The van der Waals surface area contributed by atoms with Crippen LogP contribution < -0.4 is 11.1 Å². The summed E-state index contributed by atoms with van der Waals surface area (Å²) in [7, 11) is 0. The Hall–Kier alpha value is -3.52. The van der Waals surface area contributed by atoms with Gasteiger partial charge in [-0.25, -0.2) is 0 Å². The summed E-state index contributed by atoms with van der Waals surface area (Å²) in [6.07, 6.45) is 0. The molecule has 0 heterocycles. The minimum absolute atomic E-state index is 0.564. The zero-order valence-electron chi connectivity index (χ0n) is 16.0. The largest absolute Gasteiger partial charge is 0.397 e. The second-order valence-electron chi connectivity index (χ2n) is 7.06. The summed E-state index contributed by atoms with van der Waals surface area (Å²) in [4.78, 5) is 0. The number of nitrogens with one attached hydrogen (secondary N) is 1. The van der Waals surface area contributed by atoms with Gasteiger partial charge in [-0.05, 0) is 35.7 Å². The molecule has 0 bridgehead atoms. The number of benzene rings is 4. The highest BCUT2D eigenvalue weighted by Crippen LogP contribution is 2.41. The maximum absolute atomic E-state index is 6.32. The first-order valence-electron chi connectivity index (χ1n) is 9.51. The Morgan fingerprint density at radius 1 is 0.571 bits per heavy atom. The van der Waals surface area contributed by atoms with Crippen molar-refractivity contribution in [2.45, 2.75) is 12.5 Å². The van der Waals surface area contributed by atoms with Crippen LogP contribution in [0.25, 0.3) is 0 Å². The van der Waals surface area contributed by atoms with E-state index in [1.807, 2.05) is 36.4 Å². The molecular weight excluding hydrogens is 340 g/mol. The van der Waals surface area contributed by atoms with Crippen LogP contribution >= 0.6 is 0 Å². The lowest BCUT2D eigenvalue weighted by Crippen LogP contribution is -2.38. The Kier molecular flexibility index (Phi) is 4.86. The van der Waals surface area contributed by atoms with Crippen molar-refractivity contribution in [1.82, 2.24) is 0 Å². The summed E-state index contributed by atoms with van der Waals surface area (Å²) >= 11 is 0. The van der Waals surface area contributed by atoms with Crippen molar-refractivity contribution in [2.24, 2.45) is 0 Å². The molecule has 0 saturated heterocycles. The van der Waals surface area contributed by atoms with E-state index in [1.54, 1.807) is 0 Å². The highest BCUT2D eigenvalue weighted by atomic mass is 15.0. The van der Waals surface area contributed by atoms with Crippen LogP contribution in [0.3, 0.4) is 0 Å². The van der Waals surface area contributed by atoms with Crippen LogP contribution in [0.15, 0.2) is 109 Å². The number of nitrogens with two attached hydrogens (primary N) is 1. The number of aryl methyl sites for hydroxylation is 1. The molecule has 138 valence electrons. The van der Waals surface area contributed by atoms with E-state index >= 15 is 0 Å². The Bertz CT molecular complexity index is 999. The van der Waals surface area contributed by atoms with Crippen LogP contribution in [0.1, 0.15) is 22.3 Å². The highest BCUT2D eigenvalue weighted by Gasteiger charge is 2.36. The summed E-state index contributed by atoms with van der Waals surface area (Å²) in [5.41, 5.74) is 12.1. The fourth-order valence-corrected chi connectivity index (χ4v) is 3.71. The molecule has 0 atom stereocenters. The lowest BCUT2D eigenvalue weighted by Gasteiger charge is -2.38. The van der Waals surface area contributed by atoms with Crippen LogP contribution in [0, 0.1) is 6.92 Å². The minimum Gasteiger partial charge on any atom is -0.397 e. The quantitative estimate of drug-likeness (QED) is 0.338. The predicted molar refractivity (Wildman–Crippen MR) is 118 cm³/mol. The Balaban J connectivity index is 2.02. The molecule has 0 radical (unpaired) electrons. The topological polar surface area (TPSA) is 38.0 Å². The van der Waals surface area contributed by atoms with Gasteiger partial charge in [0, 0.05) is 0 Å². The van der Waals surface area contributed by atoms with Crippen molar-refractivity contribution in [1.29, 1.82) is 0 Å². The zero-order chi connectivity index (χ0) is 19.4. The summed E-state index contributed by atoms with van der Waals surface area (Å²) in [6, 6.07) is 37.7. The molecule has 4 rings (SSSR count). The van der Waals surface area contributed by atoms with Crippen molar-refractivity contribution < 1.29 is 0 Å². The summed E-state index contributed by atoms with van der Waals surface area (Å²) in [5, 5.41) is 3.80. The zero-order valence-corrected chi connectivity index (χ0v) is 16.0. The third-order valence-electron chi connectivity index (χ3n) is 5.18. The maximum atomic E-state index is 6.32. The SMILES string of the molecule is Cc1ccc(C(Nc2ccccc2N)(c2ccccc2)c2ccccc2)cc1. The van der Waals surface area contributed by atoms with Gasteiger partial charge in [0.15, 0.2) is 0 Å². The summed E-state index contributed by atoms with van der Waals surface area (Å²) in [5.74, 6) is 0. The van der Waals surface area contributed by atoms with Gasteiger partial charge in [0.25, 0.3) is 0 Å². The van der Waals surface area contributed by atoms with Gasteiger partial charge < -0.3 is 11.1 Å². The molecule has 0 aliphatic carbocycles. The van der Waals surface area contributed by atoms with Gasteiger partial charge in [0.2, 0.25) is 0 Å². The van der Waals surface area contributed by atoms with E-state index in [0.717, 1.165) is 22.5 Å². The lowest BCUT2D eigenvalue weighted by atomic mass is 9.76. The average molecular weight is 364 g/mol. The normalized spacial score (nSPS) is 11.2. The lowest BCUT2D eigenvalue weighted by molar-refractivity contribution is 0.712. The average Bonchev–Trinajstić information content (AvgIpc) is 2.75. The molecule has 3 N–H and O–H groups in total. The molecule has 0 unspecified atom stereocenters. The molecule has 28 heavy (non-hydrogen) atoms. The molecule has 2 heteroatoms. The standard InChI is InChI=1S/C26H24N2/c1-20-16-18-23(19-17-20)26(21-10-4-2-5-11-21,22-12-6-3-7-13-22)28-25-15-9-8-14-24(25)27/h2-19,28H,27H2,1H3. The molecule has 0 amide bonds. The van der Waals surface area contributed by atoms with Gasteiger partial charge in [0.1, 0.15) is 5.54 Å². The molecule has 4 aromatic carbocycles. The van der Waals surface area contributed by atoms with Gasteiger partial charge >= 0.3 is 0 Å². The van der Waals surface area contributed by atoms with E-state index < -0.39 is 5.54 Å². The van der Waals surface area contributed by atoms with Crippen LogP contribution in [-0.2, 0) is 5.54 Å². The van der Waals surface area contributed by atoms with Gasteiger partial charge in [-0.1, -0.05) is 103 Å². The Morgan fingerprint density at radius 2 is 1.04 bits per heavy atom. The predicted octanol–water partition coefficient (Wildman–Crippen LogP) is 5.98. The van der Waals surface area contributed by atoms with Crippen LogP contribution in [0.4, 0.5) is 11.4 Å². The van der Waals surface area contributed by atoms with Crippen molar-refractivity contribution in [3.05, 3.63) is 131 Å². The molecule has 0 fully saturated rings. The number of anilines is 2. The number of para-hydroxylation sites is 2. The number of hydrogen-bond donors (Lipinski definition) is 2. The molecule has 0 saturated carbocycles. The van der Waals surface area contributed by atoms with Gasteiger partial charge in [-0.3, -0.25) is 0 Å². The molecule has 0 spiro atoms. The molecule has 0 aliphatic rings. The first-order chi connectivity index (χ1) is 13.7. The van der Waals surface area contributed by atoms with E-state index in [-0.39, 0.29) is 0 Å². The maximum Gasteiger partial charge on any atom is 0.114 e. The number of hydrogen-bond acceptors (Lipinski definition) is 2. The van der Waals surface area contributed by atoms with Crippen molar-refractivity contribution in [2.75, 3.05) is 11.1 Å². The van der Waals surface area contributed by atoms with E-state index in [0.29, 0.717) is 0 Å². The number of rotatable bonds is 5. The van der Waals surface area contributed by atoms with Crippen LogP contribution in [0.5, 0.6) is 0 Å². The Labute approximate surface area is 166 Å². The second-order valence-corrected chi connectivity index (χ2v) is 7.06. The fraction of sp³-hybridized carbons (Fsp3) is 0.0769. The van der Waals surface area contributed by atoms with Crippen molar-refractivity contribution in [3.8, 4) is 0 Å². The third-order valence-corrected chi connectivity index (χ3v) is 5.18. The van der Waals surface area contributed by atoms with E-state index in [1.165, 1.54) is 11.1 Å². The van der Waals surface area contributed by atoms with E-state index in [9.17, 15) is 0 Å². The highest BCUT2D eigenvalue weighted by molar-refractivity contribution is 5.70. The monoisotopic (exact) mass is 364 g/mol. The molecular formula is C26H24N2. The first-order valence-corrected chi connectivity index (χ1v) is 9.51. The van der Waals surface area contributed by atoms with Crippen molar-refractivity contribution in [3.63, 3.8) is 0 Å². The summed E-state index contributed by atoms with van der Waals surface area (Å²) in [6.45, 7) is 2.11. The minimum atomic E-state index is -0.564. The van der Waals surface area contributed by atoms with Gasteiger partial charge in [-0.2, -0.15) is 0 Å². The molecule has 0 aromatic heterocycles. The van der Waals surface area contributed by atoms with Gasteiger partial charge in [0.05, 0.1) is 11.4 Å². The van der Waals surface area contributed by atoms with Gasteiger partial charge in [-0.15, -0.1) is 0 Å². The van der Waals surface area contributed by atoms with E-state index in [2.05, 4.69) is 85.0 Å². The molecule has 4 aromatic rings.